The molecule has 0 bridgehead atoms. The predicted molar refractivity (Wildman–Crippen MR) is 84.8 cm³/mol. The van der Waals surface area contributed by atoms with Gasteiger partial charge >= 0.3 is 0 Å². The van der Waals surface area contributed by atoms with Gasteiger partial charge in [-0.25, -0.2) is 0 Å². The van der Waals surface area contributed by atoms with Gasteiger partial charge in [0.15, 0.2) is 0 Å². The van der Waals surface area contributed by atoms with Crippen molar-refractivity contribution in [2.75, 3.05) is 19.6 Å². The van der Waals surface area contributed by atoms with Gasteiger partial charge in [-0.05, 0) is 63.4 Å². The molecule has 1 atom stereocenters. The Balaban J connectivity index is 1.82. The summed E-state index contributed by atoms with van der Waals surface area (Å²) >= 11 is 0. The fourth-order valence-corrected chi connectivity index (χ4v) is 3.09. The summed E-state index contributed by atoms with van der Waals surface area (Å²) in [4.78, 5) is 7.14. The Kier molecular flexibility index (Phi) is 6.48. The number of nitrogens with zero attached hydrogens (tertiary/aromatic N) is 2. The van der Waals surface area contributed by atoms with Crippen LogP contribution in [0.4, 0.5) is 0 Å². The first-order valence-electron chi connectivity index (χ1n) is 8.22. The van der Waals surface area contributed by atoms with Crippen LogP contribution >= 0.6 is 0 Å². The maximum absolute atomic E-state index is 4.53. The lowest BCUT2D eigenvalue weighted by Gasteiger charge is -2.19. The largest absolute Gasteiger partial charge is 0.308 e. The number of nitrogens with one attached hydrogen (secondary N) is 1. The van der Waals surface area contributed by atoms with Gasteiger partial charge in [0.1, 0.15) is 0 Å². The van der Waals surface area contributed by atoms with Crippen LogP contribution in [0.5, 0.6) is 0 Å². The van der Waals surface area contributed by atoms with Gasteiger partial charge in [0.05, 0.1) is 5.69 Å². The third-order valence-corrected chi connectivity index (χ3v) is 4.28. The second-order valence-corrected chi connectivity index (χ2v) is 5.81. The van der Waals surface area contributed by atoms with E-state index in [0.29, 0.717) is 6.04 Å². The van der Waals surface area contributed by atoms with Crippen LogP contribution in [0.3, 0.4) is 0 Å². The number of aromatic nitrogens is 1. The van der Waals surface area contributed by atoms with Gasteiger partial charge in [-0.3, -0.25) is 4.98 Å². The van der Waals surface area contributed by atoms with Crippen molar-refractivity contribution in [1.29, 1.82) is 0 Å². The Bertz CT molecular complexity index is 392. The molecular weight excluding hydrogens is 246 g/mol. The van der Waals surface area contributed by atoms with E-state index in [0.717, 1.165) is 13.0 Å². The Morgan fingerprint density at radius 1 is 1.30 bits per heavy atom. The maximum Gasteiger partial charge on any atom is 0.0573 e. The van der Waals surface area contributed by atoms with E-state index in [1.165, 1.54) is 56.6 Å². The lowest BCUT2D eigenvalue weighted by Crippen LogP contribution is -2.31. The van der Waals surface area contributed by atoms with Crippen molar-refractivity contribution in [3.05, 3.63) is 29.6 Å². The minimum absolute atomic E-state index is 0.656. The highest BCUT2D eigenvalue weighted by molar-refractivity contribution is 5.19. The molecule has 1 N–H and O–H groups in total. The Labute approximate surface area is 123 Å². The fraction of sp³-hybridized carbons (Fsp3) is 0.706. The van der Waals surface area contributed by atoms with Gasteiger partial charge in [0, 0.05) is 18.8 Å². The smallest absolute Gasteiger partial charge is 0.0573 e. The quantitative estimate of drug-likeness (QED) is 0.865. The Hall–Kier alpha value is -0.930. The van der Waals surface area contributed by atoms with Gasteiger partial charge in [0.25, 0.3) is 0 Å². The molecule has 20 heavy (non-hydrogen) atoms. The molecule has 0 saturated carbocycles. The van der Waals surface area contributed by atoms with E-state index in [-0.39, 0.29) is 0 Å². The van der Waals surface area contributed by atoms with Crippen molar-refractivity contribution in [2.24, 2.45) is 0 Å². The zero-order valence-electron chi connectivity index (χ0n) is 13.1. The molecule has 0 radical (unpaired) electrons. The number of hydrogen-bond acceptors (Lipinski definition) is 3. The molecule has 0 aliphatic carbocycles. The molecule has 0 spiro atoms. The lowest BCUT2D eigenvalue weighted by atomic mass is 10.1. The minimum Gasteiger partial charge on any atom is -0.308 e. The minimum atomic E-state index is 0.656. The van der Waals surface area contributed by atoms with Crippen LogP contribution in [0.2, 0.25) is 0 Å². The molecule has 3 nitrogen and oxygen atoms in total. The summed E-state index contributed by atoms with van der Waals surface area (Å²) < 4.78 is 0. The van der Waals surface area contributed by atoms with Crippen molar-refractivity contribution in [3.63, 3.8) is 0 Å². The monoisotopic (exact) mass is 275 g/mol. The summed E-state index contributed by atoms with van der Waals surface area (Å²) in [5.74, 6) is 0. The summed E-state index contributed by atoms with van der Waals surface area (Å²) in [6, 6.07) is 4.89. The highest BCUT2D eigenvalue weighted by Crippen LogP contribution is 2.13. The number of hydrogen-bond donors (Lipinski definition) is 1. The van der Waals surface area contributed by atoms with Crippen molar-refractivity contribution in [3.8, 4) is 0 Å². The topological polar surface area (TPSA) is 28.2 Å². The summed E-state index contributed by atoms with van der Waals surface area (Å²) in [6.07, 6.45) is 8.14. The molecule has 1 aromatic heterocycles. The first-order chi connectivity index (χ1) is 9.83. The molecule has 1 saturated heterocycles. The second kappa shape index (κ2) is 8.38. The molecule has 0 aromatic carbocycles. The van der Waals surface area contributed by atoms with Crippen LogP contribution in [0.15, 0.2) is 18.3 Å². The van der Waals surface area contributed by atoms with Crippen LogP contribution in [0, 0.1) is 0 Å². The average molecular weight is 275 g/mol. The highest BCUT2D eigenvalue weighted by Gasteiger charge is 2.16. The molecule has 0 amide bonds. The fourth-order valence-electron chi connectivity index (χ4n) is 3.09. The zero-order valence-corrected chi connectivity index (χ0v) is 13.1. The van der Waals surface area contributed by atoms with Gasteiger partial charge < -0.3 is 10.2 Å². The van der Waals surface area contributed by atoms with Crippen molar-refractivity contribution < 1.29 is 0 Å². The summed E-state index contributed by atoms with van der Waals surface area (Å²) in [6.45, 7) is 9.17. The number of rotatable bonds is 6. The summed E-state index contributed by atoms with van der Waals surface area (Å²) in [5.41, 5.74) is 2.60. The van der Waals surface area contributed by atoms with Gasteiger partial charge in [-0.2, -0.15) is 0 Å². The van der Waals surface area contributed by atoms with Crippen LogP contribution in [-0.4, -0.2) is 35.6 Å². The van der Waals surface area contributed by atoms with E-state index >= 15 is 0 Å². The van der Waals surface area contributed by atoms with E-state index in [1.807, 2.05) is 12.3 Å². The second-order valence-electron chi connectivity index (χ2n) is 5.81. The zero-order chi connectivity index (χ0) is 14.2. The average Bonchev–Trinajstić information content (AvgIpc) is 2.71. The van der Waals surface area contributed by atoms with Gasteiger partial charge in [-0.15, -0.1) is 0 Å². The number of pyridine rings is 1. The molecule has 1 fully saturated rings. The molecule has 2 heterocycles. The van der Waals surface area contributed by atoms with Crippen molar-refractivity contribution in [2.45, 2.75) is 58.5 Å². The number of likely N-dealkylation sites (tertiary alicyclic amines) is 1. The molecule has 2 rings (SSSR count). The molecule has 1 unspecified atom stereocenters. The predicted octanol–water partition coefficient (Wildman–Crippen LogP) is 3.00. The van der Waals surface area contributed by atoms with Crippen molar-refractivity contribution >= 4 is 0 Å². The Morgan fingerprint density at radius 3 is 3.00 bits per heavy atom. The highest BCUT2D eigenvalue weighted by atomic mass is 15.1. The molecule has 112 valence electrons. The molecule has 3 heteroatoms. The van der Waals surface area contributed by atoms with E-state index in [4.69, 9.17) is 0 Å². The Morgan fingerprint density at radius 2 is 2.20 bits per heavy atom. The maximum atomic E-state index is 4.53. The third kappa shape index (κ3) is 4.57. The molecule has 1 aromatic rings. The van der Waals surface area contributed by atoms with E-state index in [2.05, 4.69) is 35.1 Å². The van der Waals surface area contributed by atoms with Crippen LogP contribution in [0.1, 0.15) is 50.8 Å². The van der Waals surface area contributed by atoms with Crippen LogP contribution in [-0.2, 0) is 13.0 Å². The van der Waals surface area contributed by atoms with Gasteiger partial charge in [0.2, 0.25) is 0 Å². The normalized spacial score (nSPS) is 20.8. The third-order valence-electron chi connectivity index (χ3n) is 4.28. The van der Waals surface area contributed by atoms with Crippen molar-refractivity contribution in [1.82, 2.24) is 15.2 Å². The number of aryl methyl sites for hydroxylation is 1. The summed E-state index contributed by atoms with van der Waals surface area (Å²) in [7, 11) is 0. The van der Waals surface area contributed by atoms with Gasteiger partial charge in [-0.1, -0.05) is 19.9 Å². The van der Waals surface area contributed by atoms with Crippen LogP contribution in [0.25, 0.3) is 0 Å². The molecule has 1 aliphatic heterocycles. The van der Waals surface area contributed by atoms with E-state index in [1.54, 1.807) is 0 Å². The first kappa shape index (κ1) is 15.5. The first-order valence-corrected chi connectivity index (χ1v) is 8.22. The van der Waals surface area contributed by atoms with E-state index < -0.39 is 0 Å². The molecular formula is C17H29N3. The standard InChI is InChI=1S/C17H29N3/c1-3-11-20-12-6-8-16(9-13-20)19-14-17-15(4-2)7-5-10-18-17/h5,7,10,16,19H,3-4,6,8-9,11-14H2,1-2H3. The van der Waals surface area contributed by atoms with E-state index in [9.17, 15) is 0 Å². The SMILES string of the molecule is CCCN1CCCC(NCc2ncccc2CC)CC1. The lowest BCUT2D eigenvalue weighted by molar-refractivity contribution is 0.282. The van der Waals surface area contributed by atoms with Crippen LogP contribution < -0.4 is 5.32 Å². The summed E-state index contributed by atoms with van der Waals surface area (Å²) in [5, 5.41) is 3.73. The molecule has 1 aliphatic rings.